The van der Waals surface area contributed by atoms with Crippen molar-refractivity contribution in [3.8, 4) is 0 Å². The van der Waals surface area contributed by atoms with E-state index in [9.17, 15) is 0 Å². The number of ether oxygens (including phenoxy) is 2. The molecular weight excluding hydrogens is 332 g/mol. The number of hydrogen-bond acceptors (Lipinski definition) is 2. The lowest BCUT2D eigenvalue weighted by atomic mass is 9.95. The van der Waals surface area contributed by atoms with E-state index in [1.54, 1.807) is 0 Å². The molecule has 1 heterocycles. The molecule has 2 nitrogen and oxygen atoms in total. The number of fused-ring (bicyclic) bond motifs is 2. The van der Waals surface area contributed by atoms with Gasteiger partial charge in [0.05, 0.1) is 0 Å². The zero-order valence-electron chi connectivity index (χ0n) is 15.6. The van der Waals surface area contributed by atoms with Crippen LogP contribution in [0.2, 0.25) is 0 Å². The monoisotopic (exact) mass is 354 g/mol. The average molecular weight is 354 g/mol. The van der Waals surface area contributed by atoms with Crippen LogP contribution >= 0.6 is 0 Å². The second kappa shape index (κ2) is 6.19. The van der Waals surface area contributed by atoms with E-state index in [0.29, 0.717) is 0 Å². The van der Waals surface area contributed by atoms with E-state index in [1.165, 1.54) is 21.5 Å². The summed E-state index contributed by atoms with van der Waals surface area (Å²) >= 11 is 0. The molecule has 0 aliphatic carbocycles. The summed E-state index contributed by atoms with van der Waals surface area (Å²) in [7, 11) is 0. The minimum atomic E-state index is -0.618. The lowest BCUT2D eigenvalue weighted by Crippen LogP contribution is -2.20. The first-order valence-electron chi connectivity index (χ1n) is 9.42. The first-order valence-corrected chi connectivity index (χ1v) is 9.42. The first kappa shape index (κ1) is 16.5. The van der Waals surface area contributed by atoms with E-state index < -0.39 is 5.79 Å². The highest BCUT2D eigenvalue weighted by atomic mass is 16.7. The first-order chi connectivity index (χ1) is 13.1. The fraction of sp³-hybridized carbons (Fsp3) is 0.200. The fourth-order valence-electron chi connectivity index (χ4n) is 4.02. The van der Waals surface area contributed by atoms with E-state index in [2.05, 4.69) is 84.9 Å². The van der Waals surface area contributed by atoms with Crippen LogP contribution in [0.3, 0.4) is 0 Å². The van der Waals surface area contributed by atoms with Crippen LogP contribution in [0.1, 0.15) is 37.2 Å². The van der Waals surface area contributed by atoms with Crippen LogP contribution in [0.5, 0.6) is 0 Å². The van der Waals surface area contributed by atoms with Crippen molar-refractivity contribution in [2.24, 2.45) is 0 Å². The van der Waals surface area contributed by atoms with Gasteiger partial charge in [0.1, 0.15) is 12.2 Å². The molecule has 0 spiro atoms. The third-order valence-electron chi connectivity index (χ3n) is 5.30. The molecule has 0 bridgehead atoms. The Morgan fingerprint density at radius 3 is 1.41 bits per heavy atom. The Balaban J connectivity index is 1.59. The Labute approximate surface area is 159 Å². The van der Waals surface area contributed by atoms with Crippen LogP contribution in [0.4, 0.5) is 0 Å². The van der Waals surface area contributed by atoms with Crippen LogP contribution < -0.4 is 0 Å². The van der Waals surface area contributed by atoms with Gasteiger partial charge in [-0.1, -0.05) is 72.8 Å². The molecule has 134 valence electrons. The molecule has 4 aromatic rings. The molecule has 2 heteroatoms. The molecule has 0 unspecified atom stereocenters. The topological polar surface area (TPSA) is 18.5 Å². The maximum atomic E-state index is 6.34. The van der Waals surface area contributed by atoms with Gasteiger partial charge < -0.3 is 9.47 Å². The van der Waals surface area contributed by atoms with Gasteiger partial charge >= 0.3 is 0 Å². The highest BCUT2D eigenvalue weighted by molar-refractivity contribution is 5.84. The summed E-state index contributed by atoms with van der Waals surface area (Å²) in [5, 5.41) is 4.92. The quantitative estimate of drug-likeness (QED) is 0.406. The standard InChI is InChI=1S/C25H22O2/c1-25(2)26-23(21-13-11-17-7-3-5-9-19(17)15-21)24(27-25)22-14-12-18-8-4-6-10-20(18)16-22/h3-16,23-24H,1-2H3/t23-,24-/m0/s1. The van der Waals surface area contributed by atoms with Crippen molar-refractivity contribution in [2.75, 3.05) is 0 Å². The van der Waals surface area contributed by atoms with E-state index in [0.717, 1.165) is 11.1 Å². The smallest absolute Gasteiger partial charge is 0.164 e. The second-order valence-corrected chi connectivity index (χ2v) is 7.69. The van der Waals surface area contributed by atoms with E-state index in [-0.39, 0.29) is 12.2 Å². The molecule has 1 aliphatic rings. The zero-order chi connectivity index (χ0) is 18.4. The van der Waals surface area contributed by atoms with Crippen LogP contribution in [0.25, 0.3) is 21.5 Å². The third-order valence-corrected chi connectivity index (χ3v) is 5.30. The Morgan fingerprint density at radius 1 is 0.556 bits per heavy atom. The minimum Gasteiger partial charge on any atom is -0.339 e. The Kier molecular flexibility index (Phi) is 3.78. The highest BCUT2D eigenvalue weighted by Crippen LogP contribution is 2.47. The molecule has 1 fully saturated rings. The SMILES string of the molecule is CC1(C)O[C@@H](c2ccc3ccccc3c2)[C@H](c2ccc3ccccc3c2)O1. The third kappa shape index (κ3) is 3.01. The Bertz CT molecular complexity index is 1040. The van der Waals surface area contributed by atoms with E-state index in [4.69, 9.17) is 9.47 Å². The molecule has 0 radical (unpaired) electrons. The summed E-state index contributed by atoms with van der Waals surface area (Å²) in [6.45, 7) is 3.98. The molecular formula is C25H22O2. The van der Waals surface area contributed by atoms with Crippen molar-refractivity contribution in [3.05, 3.63) is 96.1 Å². The predicted molar refractivity (Wildman–Crippen MR) is 110 cm³/mol. The van der Waals surface area contributed by atoms with Gasteiger partial charge in [0.2, 0.25) is 0 Å². The van der Waals surface area contributed by atoms with Crippen LogP contribution in [-0.4, -0.2) is 5.79 Å². The molecule has 0 amide bonds. The summed E-state index contributed by atoms with van der Waals surface area (Å²) in [4.78, 5) is 0. The summed E-state index contributed by atoms with van der Waals surface area (Å²) in [5.74, 6) is -0.618. The van der Waals surface area contributed by atoms with Gasteiger partial charge in [0.25, 0.3) is 0 Å². The maximum absolute atomic E-state index is 6.34. The normalized spacial score (nSPS) is 21.7. The van der Waals surface area contributed by atoms with Crippen LogP contribution in [0, 0.1) is 0 Å². The Hall–Kier alpha value is -2.68. The maximum Gasteiger partial charge on any atom is 0.164 e. The number of benzene rings is 4. The van der Waals surface area contributed by atoms with Gasteiger partial charge in [-0.15, -0.1) is 0 Å². The number of rotatable bonds is 2. The second-order valence-electron chi connectivity index (χ2n) is 7.69. The molecule has 0 saturated carbocycles. The molecule has 4 aromatic carbocycles. The lowest BCUT2D eigenvalue weighted by Gasteiger charge is -2.18. The molecule has 1 saturated heterocycles. The summed E-state index contributed by atoms with van der Waals surface area (Å²) < 4.78 is 12.7. The van der Waals surface area contributed by atoms with Gasteiger partial charge in [0.15, 0.2) is 5.79 Å². The van der Waals surface area contributed by atoms with Gasteiger partial charge in [-0.2, -0.15) is 0 Å². The molecule has 0 N–H and O–H groups in total. The summed E-state index contributed by atoms with van der Waals surface area (Å²) in [6, 6.07) is 29.9. The summed E-state index contributed by atoms with van der Waals surface area (Å²) in [6.07, 6.45) is -0.267. The van der Waals surface area contributed by atoms with Crippen molar-refractivity contribution in [2.45, 2.75) is 31.8 Å². The van der Waals surface area contributed by atoms with Gasteiger partial charge in [-0.25, -0.2) is 0 Å². The van der Waals surface area contributed by atoms with Gasteiger partial charge in [0, 0.05) is 0 Å². The predicted octanol–water partition coefficient (Wildman–Crippen LogP) is 6.56. The van der Waals surface area contributed by atoms with Crippen molar-refractivity contribution in [3.63, 3.8) is 0 Å². The van der Waals surface area contributed by atoms with Crippen molar-refractivity contribution in [1.82, 2.24) is 0 Å². The van der Waals surface area contributed by atoms with Crippen molar-refractivity contribution in [1.29, 1.82) is 0 Å². The molecule has 27 heavy (non-hydrogen) atoms. The van der Waals surface area contributed by atoms with Crippen molar-refractivity contribution >= 4 is 21.5 Å². The summed E-state index contributed by atoms with van der Waals surface area (Å²) in [5.41, 5.74) is 2.30. The molecule has 0 aromatic heterocycles. The van der Waals surface area contributed by atoms with E-state index in [1.807, 2.05) is 13.8 Å². The largest absolute Gasteiger partial charge is 0.339 e. The average Bonchev–Trinajstić information content (AvgIpc) is 3.03. The highest BCUT2D eigenvalue weighted by Gasteiger charge is 2.42. The van der Waals surface area contributed by atoms with Gasteiger partial charge in [-0.3, -0.25) is 0 Å². The van der Waals surface area contributed by atoms with Gasteiger partial charge in [-0.05, 0) is 58.7 Å². The molecule has 5 rings (SSSR count). The number of hydrogen-bond donors (Lipinski definition) is 0. The van der Waals surface area contributed by atoms with Crippen molar-refractivity contribution < 1.29 is 9.47 Å². The fourth-order valence-corrected chi connectivity index (χ4v) is 4.02. The molecule has 1 aliphatic heterocycles. The zero-order valence-corrected chi connectivity index (χ0v) is 15.6. The van der Waals surface area contributed by atoms with Crippen LogP contribution in [0.15, 0.2) is 84.9 Å². The van der Waals surface area contributed by atoms with Crippen LogP contribution in [-0.2, 0) is 9.47 Å². The minimum absolute atomic E-state index is 0.134. The lowest BCUT2D eigenvalue weighted by molar-refractivity contribution is -0.147. The molecule has 2 atom stereocenters. The Morgan fingerprint density at radius 2 is 0.963 bits per heavy atom. The van der Waals surface area contributed by atoms with E-state index >= 15 is 0 Å².